The van der Waals surface area contributed by atoms with Crippen molar-refractivity contribution in [2.45, 2.75) is 6.18 Å². The first-order chi connectivity index (χ1) is 7.00. The molecule has 3 nitrogen and oxygen atoms in total. The Labute approximate surface area is 82.8 Å². The van der Waals surface area contributed by atoms with Crippen molar-refractivity contribution in [2.24, 2.45) is 0 Å². The van der Waals surface area contributed by atoms with Gasteiger partial charge in [-0.25, -0.2) is 9.97 Å². The maximum Gasteiger partial charge on any atom is 0.417 e. The minimum Gasteiger partial charge on any atom is -0.383 e. The third-order valence-electron chi connectivity index (χ3n) is 2.00. The quantitative estimate of drug-likeness (QED) is 0.730. The Morgan fingerprint density at radius 3 is 2.53 bits per heavy atom. The van der Waals surface area contributed by atoms with Crippen molar-refractivity contribution in [1.82, 2.24) is 9.97 Å². The first-order valence-electron chi connectivity index (χ1n) is 4.06. The highest BCUT2D eigenvalue weighted by atomic mass is 19.4. The molecule has 1 aromatic heterocycles. The number of hydrogen-bond donors (Lipinski definition) is 1. The Balaban J connectivity index is 2.86. The van der Waals surface area contributed by atoms with Crippen LogP contribution in [0.5, 0.6) is 0 Å². The normalized spacial score (nSPS) is 11.9. The summed E-state index contributed by atoms with van der Waals surface area (Å²) in [6, 6.07) is 3.71. The van der Waals surface area contributed by atoms with Crippen LogP contribution < -0.4 is 5.73 Å². The maximum absolute atomic E-state index is 12.6. The van der Waals surface area contributed by atoms with E-state index in [0.717, 1.165) is 12.4 Å². The van der Waals surface area contributed by atoms with Gasteiger partial charge in [-0.05, 0) is 12.1 Å². The van der Waals surface area contributed by atoms with Crippen LogP contribution >= 0.6 is 0 Å². The Kier molecular flexibility index (Phi) is 1.99. The van der Waals surface area contributed by atoms with E-state index in [-0.39, 0.29) is 16.7 Å². The second-order valence-corrected chi connectivity index (χ2v) is 2.96. The molecule has 2 aromatic rings. The molecule has 0 saturated carbocycles. The first kappa shape index (κ1) is 9.70. The average Bonchev–Trinajstić information content (AvgIpc) is 2.16. The zero-order valence-corrected chi connectivity index (χ0v) is 7.42. The minimum absolute atomic E-state index is 0.146. The summed E-state index contributed by atoms with van der Waals surface area (Å²) in [4.78, 5) is 7.27. The van der Waals surface area contributed by atoms with E-state index in [1.54, 1.807) is 0 Å². The fourth-order valence-corrected chi connectivity index (χ4v) is 1.37. The van der Waals surface area contributed by atoms with Crippen LogP contribution in [0.15, 0.2) is 24.5 Å². The largest absolute Gasteiger partial charge is 0.417 e. The summed E-state index contributed by atoms with van der Waals surface area (Å²) in [6.07, 6.45) is -3.31. The summed E-state index contributed by atoms with van der Waals surface area (Å²) in [5, 5.41) is -0.146. The predicted octanol–water partition coefficient (Wildman–Crippen LogP) is 2.23. The number of rotatable bonds is 0. The van der Waals surface area contributed by atoms with Crippen LogP contribution in [0.3, 0.4) is 0 Å². The van der Waals surface area contributed by atoms with E-state index < -0.39 is 11.7 Å². The monoisotopic (exact) mass is 213 g/mol. The van der Waals surface area contributed by atoms with E-state index in [2.05, 4.69) is 9.97 Å². The first-order valence-corrected chi connectivity index (χ1v) is 4.06. The van der Waals surface area contributed by atoms with Gasteiger partial charge in [-0.1, -0.05) is 6.07 Å². The molecule has 78 valence electrons. The van der Waals surface area contributed by atoms with E-state index in [9.17, 15) is 13.2 Å². The average molecular weight is 213 g/mol. The van der Waals surface area contributed by atoms with E-state index >= 15 is 0 Å². The van der Waals surface area contributed by atoms with Gasteiger partial charge in [-0.3, -0.25) is 0 Å². The standard InChI is InChI=1S/C9H6F3N3/c10-9(11,12)5-2-1-3-6-7(5)8(13)15-4-14-6/h1-4H,(H2,13,14,15). The van der Waals surface area contributed by atoms with Crippen LogP contribution in [0.25, 0.3) is 10.9 Å². The van der Waals surface area contributed by atoms with Gasteiger partial charge in [0.1, 0.15) is 12.1 Å². The number of fused-ring (bicyclic) bond motifs is 1. The lowest BCUT2D eigenvalue weighted by Gasteiger charge is -2.10. The molecule has 0 aliphatic carbocycles. The lowest BCUT2D eigenvalue weighted by atomic mass is 10.1. The molecule has 0 amide bonds. The van der Waals surface area contributed by atoms with Crippen LogP contribution in [0, 0.1) is 0 Å². The fraction of sp³-hybridized carbons (Fsp3) is 0.111. The summed E-state index contributed by atoms with van der Waals surface area (Å²) in [5.41, 5.74) is 4.79. The van der Waals surface area contributed by atoms with Gasteiger partial charge in [0, 0.05) is 0 Å². The molecule has 0 bridgehead atoms. The number of nitrogen functional groups attached to an aromatic ring is 1. The van der Waals surface area contributed by atoms with Gasteiger partial charge in [0.2, 0.25) is 0 Å². The van der Waals surface area contributed by atoms with Gasteiger partial charge >= 0.3 is 6.18 Å². The molecule has 0 saturated heterocycles. The number of anilines is 1. The number of halogens is 3. The highest BCUT2D eigenvalue weighted by Crippen LogP contribution is 2.35. The van der Waals surface area contributed by atoms with Crippen LogP contribution in [-0.4, -0.2) is 9.97 Å². The van der Waals surface area contributed by atoms with Crippen molar-refractivity contribution >= 4 is 16.7 Å². The highest BCUT2D eigenvalue weighted by Gasteiger charge is 2.33. The molecule has 1 heterocycles. The van der Waals surface area contributed by atoms with Gasteiger partial charge in [0.25, 0.3) is 0 Å². The molecule has 0 atom stereocenters. The van der Waals surface area contributed by atoms with E-state index in [1.807, 2.05) is 0 Å². The van der Waals surface area contributed by atoms with Crippen LogP contribution in [0.1, 0.15) is 5.56 Å². The van der Waals surface area contributed by atoms with Gasteiger partial charge in [-0.15, -0.1) is 0 Å². The Morgan fingerprint density at radius 2 is 1.87 bits per heavy atom. The second-order valence-electron chi connectivity index (χ2n) is 2.96. The fourth-order valence-electron chi connectivity index (χ4n) is 1.37. The number of benzene rings is 1. The summed E-state index contributed by atoms with van der Waals surface area (Å²) in [7, 11) is 0. The van der Waals surface area contributed by atoms with Crippen molar-refractivity contribution in [1.29, 1.82) is 0 Å². The van der Waals surface area contributed by atoms with Gasteiger partial charge < -0.3 is 5.73 Å². The van der Waals surface area contributed by atoms with Crippen molar-refractivity contribution in [2.75, 3.05) is 5.73 Å². The van der Waals surface area contributed by atoms with E-state index in [4.69, 9.17) is 5.73 Å². The zero-order valence-electron chi connectivity index (χ0n) is 7.42. The maximum atomic E-state index is 12.6. The number of aromatic nitrogens is 2. The molecule has 0 fully saturated rings. The van der Waals surface area contributed by atoms with Gasteiger partial charge in [0.05, 0.1) is 16.5 Å². The molecule has 6 heteroatoms. The lowest BCUT2D eigenvalue weighted by molar-refractivity contribution is -0.136. The van der Waals surface area contributed by atoms with Gasteiger partial charge in [0.15, 0.2) is 0 Å². The molecule has 1 aromatic carbocycles. The zero-order chi connectivity index (χ0) is 11.1. The molecular formula is C9H6F3N3. The number of nitrogens with two attached hydrogens (primary N) is 1. The molecule has 15 heavy (non-hydrogen) atoms. The van der Waals surface area contributed by atoms with Gasteiger partial charge in [-0.2, -0.15) is 13.2 Å². The van der Waals surface area contributed by atoms with Crippen molar-refractivity contribution < 1.29 is 13.2 Å². The molecule has 0 aliphatic rings. The molecule has 0 spiro atoms. The molecule has 0 aliphatic heterocycles. The molecule has 2 N–H and O–H groups in total. The summed E-state index contributed by atoms with van der Waals surface area (Å²) in [6.45, 7) is 0. The van der Waals surface area contributed by atoms with Crippen molar-refractivity contribution in [3.63, 3.8) is 0 Å². The second kappa shape index (κ2) is 3.08. The minimum atomic E-state index is -4.45. The van der Waals surface area contributed by atoms with Crippen LogP contribution in [0.4, 0.5) is 19.0 Å². The summed E-state index contributed by atoms with van der Waals surface area (Å²) >= 11 is 0. The molecule has 0 unspecified atom stereocenters. The smallest absolute Gasteiger partial charge is 0.383 e. The van der Waals surface area contributed by atoms with Crippen LogP contribution in [-0.2, 0) is 6.18 Å². The third kappa shape index (κ3) is 1.58. The Morgan fingerprint density at radius 1 is 1.13 bits per heavy atom. The Bertz CT molecular complexity index is 502. The summed E-state index contributed by atoms with van der Waals surface area (Å²) in [5.74, 6) is -0.159. The topological polar surface area (TPSA) is 51.8 Å². The molecular weight excluding hydrogens is 207 g/mol. The number of alkyl halides is 3. The number of hydrogen-bond acceptors (Lipinski definition) is 3. The van der Waals surface area contributed by atoms with Crippen molar-refractivity contribution in [3.8, 4) is 0 Å². The molecule has 0 radical (unpaired) electrons. The number of nitrogens with zero attached hydrogens (tertiary/aromatic N) is 2. The van der Waals surface area contributed by atoms with Crippen molar-refractivity contribution in [3.05, 3.63) is 30.1 Å². The SMILES string of the molecule is Nc1ncnc2cccc(C(F)(F)F)c12. The highest BCUT2D eigenvalue weighted by molar-refractivity contribution is 5.91. The summed E-state index contributed by atoms with van der Waals surface area (Å²) < 4.78 is 37.8. The van der Waals surface area contributed by atoms with E-state index in [1.165, 1.54) is 12.1 Å². The van der Waals surface area contributed by atoms with Crippen LogP contribution in [0.2, 0.25) is 0 Å². The lowest BCUT2D eigenvalue weighted by Crippen LogP contribution is -2.08. The third-order valence-corrected chi connectivity index (χ3v) is 2.00. The Hall–Kier alpha value is -1.85. The van der Waals surface area contributed by atoms with E-state index in [0.29, 0.717) is 0 Å². The molecule has 2 rings (SSSR count). The predicted molar refractivity (Wildman–Crippen MR) is 49.0 cm³/mol.